The number of aromatic nitrogens is 4. The molecule has 3 rings (SSSR count). The van der Waals surface area contributed by atoms with Crippen LogP contribution >= 0.6 is 0 Å². The van der Waals surface area contributed by atoms with E-state index in [1.54, 1.807) is 0 Å². The maximum absolute atomic E-state index is 11.9. The van der Waals surface area contributed by atoms with Gasteiger partial charge in [0.1, 0.15) is 5.39 Å². The van der Waals surface area contributed by atoms with Gasteiger partial charge >= 0.3 is 0 Å². The van der Waals surface area contributed by atoms with Gasteiger partial charge in [0.15, 0.2) is 5.65 Å². The molecular formula is C14H21N5O. The van der Waals surface area contributed by atoms with E-state index in [0.29, 0.717) is 28.9 Å². The Morgan fingerprint density at radius 3 is 2.90 bits per heavy atom. The number of hydrogen-bond donors (Lipinski definition) is 3. The topological polar surface area (TPSA) is 86.5 Å². The predicted molar refractivity (Wildman–Crippen MR) is 78.7 cm³/mol. The summed E-state index contributed by atoms with van der Waals surface area (Å²) in [5.41, 5.74) is 0.630. The summed E-state index contributed by atoms with van der Waals surface area (Å²) < 4.78 is 0. The van der Waals surface area contributed by atoms with Crippen LogP contribution in [0.3, 0.4) is 0 Å². The summed E-state index contributed by atoms with van der Waals surface area (Å²) in [6.45, 7) is 6.81. The largest absolute Gasteiger partial charge is 0.353 e. The second kappa shape index (κ2) is 4.61. The van der Waals surface area contributed by atoms with Crippen LogP contribution in [-0.2, 0) is 0 Å². The van der Waals surface area contributed by atoms with Gasteiger partial charge in [-0.2, -0.15) is 10.1 Å². The van der Waals surface area contributed by atoms with E-state index in [1.807, 2.05) is 0 Å². The fraction of sp³-hybridized carbons (Fsp3) is 0.643. The van der Waals surface area contributed by atoms with Crippen LogP contribution in [-0.4, -0.2) is 26.2 Å². The number of fused-ring (bicyclic) bond motifs is 1. The summed E-state index contributed by atoms with van der Waals surface area (Å²) in [7, 11) is 0. The molecule has 20 heavy (non-hydrogen) atoms. The van der Waals surface area contributed by atoms with Crippen molar-refractivity contribution in [3.05, 3.63) is 16.6 Å². The first-order valence-corrected chi connectivity index (χ1v) is 7.15. The third kappa shape index (κ3) is 2.30. The SMILES string of the molecule is CC(C)(C)C1CCCC1Nc1nc2[nH]ncc2c(=O)[nH]1. The summed E-state index contributed by atoms with van der Waals surface area (Å²) in [6, 6.07) is 0.360. The highest BCUT2D eigenvalue weighted by Gasteiger charge is 2.36. The second-order valence-electron chi connectivity index (χ2n) is 6.70. The lowest BCUT2D eigenvalue weighted by molar-refractivity contribution is 0.232. The van der Waals surface area contributed by atoms with Crippen LogP contribution in [0.5, 0.6) is 0 Å². The number of nitrogens with one attached hydrogen (secondary N) is 3. The van der Waals surface area contributed by atoms with Crippen molar-refractivity contribution in [2.75, 3.05) is 5.32 Å². The van der Waals surface area contributed by atoms with E-state index in [2.05, 4.69) is 46.3 Å². The molecule has 2 aromatic rings. The van der Waals surface area contributed by atoms with Crippen LogP contribution < -0.4 is 10.9 Å². The molecule has 0 bridgehead atoms. The van der Waals surface area contributed by atoms with Crippen LogP contribution in [0.2, 0.25) is 0 Å². The molecule has 2 aromatic heterocycles. The zero-order chi connectivity index (χ0) is 14.3. The van der Waals surface area contributed by atoms with Crippen molar-refractivity contribution in [2.24, 2.45) is 11.3 Å². The Kier molecular flexibility index (Phi) is 3.03. The van der Waals surface area contributed by atoms with E-state index in [0.717, 1.165) is 6.42 Å². The highest BCUT2D eigenvalue weighted by molar-refractivity contribution is 5.73. The average molecular weight is 275 g/mol. The fourth-order valence-electron chi connectivity index (χ4n) is 3.26. The van der Waals surface area contributed by atoms with Crippen LogP contribution in [0, 0.1) is 11.3 Å². The first-order valence-electron chi connectivity index (χ1n) is 7.15. The molecule has 6 heteroatoms. The zero-order valence-corrected chi connectivity index (χ0v) is 12.2. The molecule has 2 atom stereocenters. The molecule has 0 radical (unpaired) electrons. The van der Waals surface area contributed by atoms with Crippen molar-refractivity contribution >= 4 is 17.0 Å². The summed E-state index contributed by atoms with van der Waals surface area (Å²) >= 11 is 0. The Morgan fingerprint density at radius 2 is 2.15 bits per heavy atom. The Bertz CT molecular complexity index is 666. The van der Waals surface area contributed by atoms with Gasteiger partial charge < -0.3 is 5.32 Å². The minimum atomic E-state index is -0.156. The van der Waals surface area contributed by atoms with E-state index in [4.69, 9.17) is 0 Å². The fourth-order valence-corrected chi connectivity index (χ4v) is 3.26. The normalized spacial score (nSPS) is 23.4. The van der Waals surface area contributed by atoms with Gasteiger partial charge in [0, 0.05) is 6.04 Å². The summed E-state index contributed by atoms with van der Waals surface area (Å²) in [6.07, 6.45) is 5.05. The molecule has 1 saturated carbocycles. The molecule has 6 nitrogen and oxygen atoms in total. The molecular weight excluding hydrogens is 254 g/mol. The molecule has 0 saturated heterocycles. The maximum Gasteiger partial charge on any atom is 0.263 e. The van der Waals surface area contributed by atoms with Crippen molar-refractivity contribution in [3.63, 3.8) is 0 Å². The van der Waals surface area contributed by atoms with E-state index in [-0.39, 0.29) is 11.0 Å². The van der Waals surface area contributed by atoms with E-state index < -0.39 is 0 Å². The van der Waals surface area contributed by atoms with Crippen LogP contribution in [0.1, 0.15) is 40.0 Å². The van der Waals surface area contributed by atoms with Gasteiger partial charge in [-0.3, -0.25) is 14.9 Å². The third-order valence-corrected chi connectivity index (χ3v) is 4.27. The van der Waals surface area contributed by atoms with Crippen LogP contribution in [0.4, 0.5) is 5.95 Å². The smallest absolute Gasteiger partial charge is 0.263 e. The molecule has 0 aliphatic heterocycles. The maximum atomic E-state index is 11.9. The lowest BCUT2D eigenvalue weighted by Gasteiger charge is -2.32. The van der Waals surface area contributed by atoms with E-state index >= 15 is 0 Å². The highest BCUT2D eigenvalue weighted by atomic mass is 16.1. The minimum Gasteiger partial charge on any atom is -0.353 e. The number of aromatic amines is 2. The van der Waals surface area contributed by atoms with Gasteiger partial charge in [0.25, 0.3) is 5.56 Å². The molecule has 2 heterocycles. The van der Waals surface area contributed by atoms with Crippen LogP contribution in [0.15, 0.2) is 11.0 Å². The molecule has 1 fully saturated rings. The Morgan fingerprint density at radius 1 is 1.35 bits per heavy atom. The van der Waals surface area contributed by atoms with Crippen molar-refractivity contribution in [3.8, 4) is 0 Å². The summed E-state index contributed by atoms with van der Waals surface area (Å²) in [5, 5.41) is 10.5. The first-order chi connectivity index (χ1) is 9.45. The highest BCUT2D eigenvalue weighted by Crippen LogP contribution is 2.40. The molecule has 1 aliphatic rings. The molecule has 1 aliphatic carbocycles. The van der Waals surface area contributed by atoms with Crippen molar-refractivity contribution in [1.29, 1.82) is 0 Å². The number of nitrogens with zero attached hydrogens (tertiary/aromatic N) is 2. The number of hydrogen-bond acceptors (Lipinski definition) is 4. The van der Waals surface area contributed by atoms with Gasteiger partial charge in [-0.1, -0.05) is 27.2 Å². The van der Waals surface area contributed by atoms with E-state index in [1.165, 1.54) is 19.0 Å². The Balaban J connectivity index is 1.87. The van der Waals surface area contributed by atoms with Gasteiger partial charge in [-0.15, -0.1) is 0 Å². The van der Waals surface area contributed by atoms with Gasteiger partial charge in [-0.25, -0.2) is 0 Å². The Hall–Kier alpha value is -1.85. The molecule has 108 valence electrons. The van der Waals surface area contributed by atoms with Crippen molar-refractivity contribution in [2.45, 2.75) is 46.1 Å². The average Bonchev–Trinajstić information content (AvgIpc) is 2.96. The number of anilines is 1. The quantitative estimate of drug-likeness (QED) is 0.784. The molecule has 0 amide bonds. The monoisotopic (exact) mass is 275 g/mol. The molecule has 3 N–H and O–H groups in total. The summed E-state index contributed by atoms with van der Waals surface area (Å²) in [4.78, 5) is 19.1. The third-order valence-electron chi connectivity index (χ3n) is 4.27. The van der Waals surface area contributed by atoms with Crippen molar-refractivity contribution in [1.82, 2.24) is 20.2 Å². The van der Waals surface area contributed by atoms with Crippen LogP contribution in [0.25, 0.3) is 11.0 Å². The minimum absolute atomic E-state index is 0.156. The zero-order valence-electron chi connectivity index (χ0n) is 12.2. The Labute approximate surface area is 117 Å². The van der Waals surface area contributed by atoms with E-state index in [9.17, 15) is 4.79 Å². The number of rotatable bonds is 2. The summed E-state index contributed by atoms with van der Waals surface area (Å²) in [5.74, 6) is 1.12. The predicted octanol–water partition coefficient (Wildman–Crippen LogP) is 2.27. The van der Waals surface area contributed by atoms with Crippen molar-refractivity contribution < 1.29 is 0 Å². The lowest BCUT2D eigenvalue weighted by atomic mass is 9.77. The molecule has 2 unspecified atom stereocenters. The molecule has 0 aromatic carbocycles. The standard InChI is InChI=1S/C14H21N5O/c1-14(2,3)9-5-4-6-10(9)16-13-17-11-8(7-15-19-11)12(20)18-13/h7,9-10H,4-6H2,1-3H3,(H3,15,16,17,18,19,20). The number of H-pyrrole nitrogens is 2. The van der Waals surface area contributed by atoms with Gasteiger partial charge in [0.2, 0.25) is 5.95 Å². The first kappa shape index (κ1) is 13.1. The molecule has 0 spiro atoms. The second-order valence-corrected chi connectivity index (χ2v) is 6.70. The van der Waals surface area contributed by atoms with Gasteiger partial charge in [-0.05, 0) is 24.2 Å². The van der Waals surface area contributed by atoms with Gasteiger partial charge in [0.05, 0.1) is 6.20 Å². The lowest BCUT2D eigenvalue weighted by Crippen LogP contribution is -2.34.